The van der Waals surface area contributed by atoms with Crippen molar-refractivity contribution in [1.82, 2.24) is 4.57 Å². The van der Waals surface area contributed by atoms with E-state index in [-0.39, 0.29) is 0 Å². The molecule has 0 amide bonds. The van der Waals surface area contributed by atoms with Gasteiger partial charge in [-0.15, -0.1) is 0 Å². The Morgan fingerprint density at radius 1 is 1.00 bits per heavy atom. The molecule has 0 saturated heterocycles. The molecule has 0 atom stereocenters. The van der Waals surface area contributed by atoms with Gasteiger partial charge < -0.3 is 9.36 Å². The SMILES string of the molecule is CCCCCCn1cc(CC=O)c2cc(-c3cccc(C)c3)ccc21. The van der Waals surface area contributed by atoms with E-state index >= 15 is 0 Å². The van der Waals surface area contributed by atoms with Crippen molar-refractivity contribution in [3.05, 3.63) is 59.8 Å². The molecule has 0 aliphatic heterocycles. The first kappa shape index (κ1) is 17.5. The minimum Gasteiger partial charge on any atom is -0.347 e. The van der Waals surface area contributed by atoms with E-state index in [4.69, 9.17) is 0 Å². The molecule has 0 unspecified atom stereocenters. The third kappa shape index (κ3) is 4.01. The van der Waals surface area contributed by atoms with Crippen molar-refractivity contribution in [2.45, 2.75) is 52.5 Å². The summed E-state index contributed by atoms with van der Waals surface area (Å²) in [6.45, 7) is 5.38. The maximum atomic E-state index is 11.1. The Morgan fingerprint density at radius 2 is 1.84 bits per heavy atom. The van der Waals surface area contributed by atoms with Crippen LogP contribution in [0.2, 0.25) is 0 Å². The van der Waals surface area contributed by atoms with Crippen LogP contribution in [0.15, 0.2) is 48.7 Å². The Balaban J connectivity index is 1.97. The van der Waals surface area contributed by atoms with Crippen LogP contribution in [0, 0.1) is 6.92 Å². The fourth-order valence-corrected chi connectivity index (χ4v) is 3.52. The molecule has 0 radical (unpaired) electrons. The van der Waals surface area contributed by atoms with E-state index in [1.54, 1.807) is 0 Å². The molecule has 130 valence electrons. The Kier molecular flexibility index (Phi) is 5.70. The van der Waals surface area contributed by atoms with Crippen LogP contribution in [-0.2, 0) is 17.8 Å². The average molecular weight is 333 g/mol. The molecule has 0 aliphatic rings. The van der Waals surface area contributed by atoms with E-state index in [1.165, 1.54) is 53.3 Å². The van der Waals surface area contributed by atoms with E-state index in [9.17, 15) is 4.79 Å². The van der Waals surface area contributed by atoms with E-state index in [0.717, 1.165) is 18.4 Å². The summed E-state index contributed by atoms with van der Waals surface area (Å²) in [6, 6.07) is 15.2. The van der Waals surface area contributed by atoms with Gasteiger partial charge in [0.25, 0.3) is 0 Å². The number of carbonyl (C=O) groups excluding carboxylic acids is 1. The first-order chi connectivity index (χ1) is 12.2. The van der Waals surface area contributed by atoms with Crippen LogP contribution in [0.1, 0.15) is 43.7 Å². The van der Waals surface area contributed by atoms with Crippen molar-refractivity contribution in [3.8, 4) is 11.1 Å². The van der Waals surface area contributed by atoms with Crippen molar-refractivity contribution in [1.29, 1.82) is 0 Å². The van der Waals surface area contributed by atoms with Gasteiger partial charge in [-0.3, -0.25) is 0 Å². The molecule has 3 rings (SSSR count). The molecule has 0 aliphatic carbocycles. The van der Waals surface area contributed by atoms with Gasteiger partial charge in [0, 0.05) is 30.1 Å². The zero-order valence-electron chi connectivity index (χ0n) is 15.3. The van der Waals surface area contributed by atoms with Crippen LogP contribution >= 0.6 is 0 Å². The second-order valence-corrected chi connectivity index (χ2v) is 6.88. The molecule has 0 bridgehead atoms. The van der Waals surface area contributed by atoms with Crippen LogP contribution in [0.5, 0.6) is 0 Å². The number of benzene rings is 2. The highest BCUT2D eigenvalue weighted by molar-refractivity contribution is 5.90. The normalized spacial score (nSPS) is 11.1. The number of nitrogens with zero attached hydrogens (tertiary/aromatic N) is 1. The van der Waals surface area contributed by atoms with Gasteiger partial charge in [0.2, 0.25) is 0 Å². The lowest BCUT2D eigenvalue weighted by molar-refractivity contribution is -0.107. The molecular formula is C23H27NO. The second kappa shape index (κ2) is 8.15. The maximum absolute atomic E-state index is 11.1. The van der Waals surface area contributed by atoms with E-state index < -0.39 is 0 Å². The smallest absolute Gasteiger partial charge is 0.124 e. The third-order valence-electron chi connectivity index (χ3n) is 4.87. The number of unbranched alkanes of at least 4 members (excludes halogenated alkanes) is 3. The number of aldehydes is 1. The Hall–Kier alpha value is -2.35. The molecule has 0 N–H and O–H groups in total. The lowest BCUT2D eigenvalue weighted by Gasteiger charge is -2.07. The molecule has 1 heterocycles. The van der Waals surface area contributed by atoms with Gasteiger partial charge in [0.05, 0.1) is 0 Å². The summed E-state index contributed by atoms with van der Waals surface area (Å²) in [5, 5.41) is 1.21. The summed E-state index contributed by atoms with van der Waals surface area (Å²) in [5.74, 6) is 0. The molecule has 0 spiro atoms. The number of carbonyl (C=O) groups is 1. The summed E-state index contributed by atoms with van der Waals surface area (Å²) >= 11 is 0. The van der Waals surface area contributed by atoms with Crippen molar-refractivity contribution < 1.29 is 4.79 Å². The largest absolute Gasteiger partial charge is 0.347 e. The number of hydrogen-bond donors (Lipinski definition) is 0. The minimum atomic E-state index is 0.482. The fraction of sp³-hybridized carbons (Fsp3) is 0.348. The van der Waals surface area contributed by atoms with Gasteiger partial charge in [-0.2, -0.15) is 0 Å². The first-order valence-electron chi connectivity index (χ1n) is 9.35. The fourth-order valence-electron chi connectivity index (χ4n) is 3.52. The lowest BCUT2D eigenvalue weighted by Crippen LogP contribution is -1.96. The Bertz CT molecular complexity index is 860. The maximum Gasteiger partial charge on any atom is 0.124 e. The first-order valence-corrected chi connectivity index (χ1v) is 9.35. The number of aromatic nitrogens is 1. The number of hydrogen-bond acceptors (Lipinski definition) is 1. The predicted molar refractivity (Wildman–Crippen MR) is 106 cm³/mol. The van der Waals surface area contributed by atoms with Crippen molar-refractivity contribution in [2.75, 3.05) is 0 Å². The number of fused-ring (bicyclic) bond motifs is 1. The summed E-state index contributed by atoms with van der Waals surface area (Å²) in [7, 11) is 0. The van der Waals surface area contributed by atoms with Crippen molar-refractivity contribution in [3.63, 3.8) is 0 Å². The van der Waals surface area contributed by atoms with Crippen LogP contribution in [-0.4, -0.2) is 10.9 Å². The Morgan fingerprint density at radius 3 is 2.60 bits per heavy atom. The molecule has 3 aromatic rings. The van der Waals surface area contributed by atoms with Crippen molar-refractivity contribution >= 4 is 17.2 Å². The van der Waals surface area contributed by atoms with Crippen LogP contribution in [0.4, 0.5) is 0 Å². The quantitative estimate of drug-likeness (QED) is 0.369. The molecule has 0 saturated carbocycles. The molecular weight excluding hydrogens is 306 g/mol. The van der Waals surface area contributed by atoms with E-state index in [2.05, 4.69) is 67.1 Å². The van der Waals surface area contributed by atoms with Gasteiger partial charge in [0.15, 0.2) is 0 Å². The van der Waals surface area contributed by atoms with Gasteiger partial charge >= 0.3 is 0 Å². The summed E-state index contributed by atoms with van der Waals surface area (Å²) in [6.07, 6.45) is 8.66. The summed E-state index contributed by atoms with van der Waals surface area (Å²) in [5.41, 5.74) is 6.08. The van der Waals surface area contributed by atoms with E-state index in [1.807, 2.05) is 0 Å². The van der Waals surface area contributed by atoms with Gasteiger partial charge in [-0.1, -0.05) is 62.1 Å². The second-order valence-electron chi connectivity index (χ2n) is 6.88. The predicted octanol–water partition coefficient (Wildman–Crippen LogP) is 5.94. The summed E-state index contributed by atoms with van der Waals surface area (Å²) < 4.78 is 2.32. The van der Waals surface area contributed by atoms with Gasteiger partial charge in [-0.05, 0) is 42.2 Å². The Labute approximate surface area is 150 Å². The van der Waals surface area contributed by atoms with Crippen molar-refractivity contribution in [2.24, 2.45) is 0 Å². The lowest BCUT2D eigenvalue weighted by atomic mass is 10.0. The molecule has 2 heteroatoms. The standard InChI is InChI=1S/C23H27NO/c1-3-4-5-6-13-24-17-21(12-14-25)22-16-20(10-11-23(22)24)19-9-7-8-18(2)15-19/h7-11,14-17H,3-6,12-13H2,1-2H3. The minimum absolute atomic E-state index is 0.482. The summed E-state index contributed by atoms with van der Waals surface area (Å²) in [4.78, 5) is 11.1. The molecule has 1 aromatic heterocycles. The van der Waals surface area contributed by atoms with Crippen LogP contribution < -0.4 is 0 Å². The highest BCUT2D eigenvalue weighted by Crippen LogP contribution is 2.29. The molecule has 2 nitrogen and oxygen atoms in total. The zero-order chi connectivity index (χ0) is 17.6. The molecule has 25 heavy (non-hydrogen) atoms. The van der Waals surface area contributed by atoms with Crippen LogP contribution in [0.3, 0.4) is 0 Å². The van der Waals surface area contributed by atoms with Gasteiger partial charge in [-0.25, -0.2) is 0 Å². The van der Waals surface area contributed by atoms with Crippen LogP contribution in [0.25, 0.3) is 22.0 Å². The molecule has 0 fully saturated rings. The topological polar surface area (TPSA) is 22.0 Å². The third-order valence-corrected chi connectivity index (χ3v) is 4.87. The zero-order valence-corrected chi connectivity index (χ0v) is 15.3. The average Bonchev–Trinajstić information content (AvgIpc) is 2.96. The number of aryl methyl sites for hydroxylation is 2. The highest BCUT2D eigenvalue weighted by Gasteiger charge is 2.10. The van der Waals surface area contributed by atoms with E-state index in [0.29, 0.717) is 6.42 Å². The van der Waals surface area contributed by atoms with Gasteiger partial charge in [0.1, 0.15) is 6.29 Å². The highest BCUT2D eigenvalue weighted by atomic mass is 16.1. The number of rotatable bonds is 8. The molecule has 2 aromatic carbocycles. The monoisotopic (exact) mass is 333 g/mol.